The lowest BCUT2D eigenvalue weighted by molar-refractivity contribution is -0.134. The highest BCUT2D eigenvalue weighted by atomic mass is 79.9. The Kier molecular flexibility index (Phi) is 3.81. The summed E-state index contributed by atoms with van der Waals surface area (Å²) in [5.41, 5.74) is 1.23. The minimum absolute atomic E-state index is 0.0818. The first kappa shape index (κ1) is 16.5. The van der Waals surface area contributed by atoms with Gasteiger partial charge >= 0.3 is 0 Å². The summed E-state index contributed by atoms with van der Waals surface area (Å²) in [4.78, 5) is 12.7. The number of hydrogen-bond donors (Lipinski definition) is 1. The molecule has 2 saturated carbocycles. The fourth-order valence-corrected chi connectivity index (χ4v) is 6.57. The van der Waals surface area contributed by atoms with Crippen LogP contribution >= 0.6 is 15.9 Å². The third-order valence-corrected chi connectivity index (χ3v) is 7.57. The molecule has 0 aliphatic heterocycles. The molecule has 0 heterocycles. The van der Waals surface area contributed by atoms with Crippen LogP contribution in [0.2, 0.25) is 0 Å². The van der Waals surface area contributed by atoms with Crippen molar-refractivity contribution in [1.29, 1.82) is 0 Å². The smallest absolute Gasteiger partial charge is 0.168 e. The Bertz CT molecular complexity index is 706. The van der Waals surface area contributed by atoms with Gasteiger partial charge in [-0.05, 0) is 54.7 Å². The number of carbonyl (C=O) groups is 1. The van der Waals surface area contributed by atoms with Crippen LogP contribution in [0.5, 0.6) is 5.75 Å². The van der Waals surface area contributed by atoms with E-state index in [0.29, 0.717) is 30.2 Å². The van der Waals surface area contributed by atoms with E-state index in [1.807, 2.05) is 6.07 Å². The predicted octanol–water partition coefficient (Wildman–Crippen LogP) is 3.95. The number of phenols is 1. The lowest BCUT2D eigenvalue weighted by atomic mass is 9.54. The van der Waals surface area contributed by atoms with E-state index in [1.165, 1.54) is 6.07 Å². The standard InChI is InChI=1S/C19H22BrFO3/c1-19-8-15(24-2)16-9-5-6-14(22)17(21)10(9)3-4-11(16)12(19)7-13(20)18(19)23/h5-6,11-13,15-16,22H,3-4,7-8H2,1-2H3/t11-,12-,13+,15-,16+,19-/m0/s1. The summed E-state index contributed by atoms with van der Waals surface area (Å²) < 4.78 is 20.2. The topological polar surface area (TPSA) is 46.5 Å². The van der Waals surface area contributed by atoms with Gasteiger partial charge in [-0.2, -0.15) is 0 Å². The SMILES string of the molecule is CO[C@H]1C[C@]2(C)C(=O)[C@H](Br)C[C@H]2[C@@H]2CCc3c(ccc(O)c3F)[C@H]21. The number of rotatable bonds is 1. The number of fused-ring (bicyclic) bond motifs is 5. The van der Waals surface area contributed by atoms with Gasteiger partial charge in [0, 0.05) is 18.4 Å². The van der Waals surface area contributed by atoms with Crippen molar-refractivity contribution in [3.05, 3.63) is 29.1 Å². The molecular weight excluding hydrogens is 375 g/mol. The highest BCUT2D eigenvalue weighted by Gasteiger charge is 2.60. The van der Waals surface area contributed by atoms with Crippen molar-refractivity contribution < 1.29 is 19.0 Å². The molecule has 6 atom stereocenters. The molecule has 0 unspecified atom stereocenters. The number of Topliss-reactive ketones (excluding diaryl/α,β-unsaturated/α-hetero) is 1. The van der Waals surface area contributed by atoms with Crippen LogP contribution in [0.3, 0.4) is 0 Å². The summed E-state index contributed by atoms with van der Waals surface area (Å²) in [6.07, 6.45) is 2.88. The third-order valence-electron chi connectivity index (χ3n) is 6.78. The summed E-state index contributed by atoms with van der Waals surface area (Å²) in [6.45, 7) is 2.08. The molecule has 24 heavy (non-hydrogen) atoms. The normalized spacial score (nSPS) is 40.8. The van der Waals surface area contributed by atoms with Gasteiger partial charge in [-0.1, -0.05) is 28.9 Å². The molecule has 1 aromatic rings. The number of halogens is 2. The van der Waals surface area contributed by atoms with Gasteiger partial charge in [0.15, 0.2) is 17.3 Å². The molecule has 0 spiro atoms. The summed E-state index contributed by atoms with van der Waals surface area (Å²) >= 11 is 3.56. The Hall–Kier alpha value is -0.940. The van der Waals surface area contributed by atoms with Gasteiger partial charge < -0.3 is 9.84 Å². The lowest BCUT2D eigenvalue weighted by Crippen LogP contribution is -2.49. The number of phenolic OH excluding ortho intramolecular Hbond substituents is 1. The van der Waals surface area contributed by atoms with E-state index in [1.54, 1.807) is 7.11 Å². The summed E-state index contributed by atoms with van der Waals surface area (Å²) in [5, 5.41) is 9.70. The number of alkyl halides is 1. The van der Waals surface area contributed by atoms with E-state index in [-0.39, 0.29) is 33.8 Å². The van der Waals surface area contributed by atoms with Crippen LogP contribution in [0.25, 0.3) is 0 Å². The van der Waals surface area contributed by atoms with Crippen molar-refractivity contribution in [2.75, 3.05) is 7.11 Å². The van der Waals surface area contributed by atoms with Crippen LogP contribution in [-0.4, -0.2) is 28.9 Å². The monoisotopic (exact) mass is 396 g/mol. The van der Waals surface area contributed by atoms with Crippen molar-refractivity contribution in [3.8, 4) is 5.75 Å². The van der Waals surface area contributed by atoms with E-state index in [2.05, 4.69) is 22.9 Å². The largest absolute Gasteiger partial charge is 0.505 e. The number of ether oxygens (including phenoxy) is 1. The quantitative estimate of drug-likeness (QED) is 0.730. The average molecular weight is 397 g/mol. The molecule has 0 aromatic heterocycles. The van der Waals surface area contributed by atoms with Gasteiger partial charge in [-0.3, -0.25) is 4.79 Å². The molecule has 2 fully saturated rings. The maximum Gasteiger partial charge on any atom is 0.168 e. The zero-order valence-electron chi connectivity index (χ0n) is 13.9. The molecule has 3 aliphatic rings. The lowest BCUT2D eigenvalue weighted by Gasteiger charge is -2.51. The predicted molar refractivity (Wildman–Crippen MR) is 92.0 cm³/mol. The fraction of sp³-hybridized carbons (Fsp3) is 0.632. The Labute approximate surface area is 149 Å². The molecule has 4 rings (SSSR count). The molecule has 1 N–H and O–H groups in total. The highest BCUT2D eigenvalue weighted by Crippen LogP contribution is 2.61. The Balaban J connectivity index is 1.82. The maximum atomic E-state index is 14.4. The maximum absolute atomic E-state index is 14.4. The number of carbonyl (C=O) groups excluding carboxylic acids is 1. The second-order valence-corrected chi connectivity index (χ2v) is 8.87. The molecule has 1 aromatic carbocycles. The van der Waals surface area contributed by atoms with Crippen molar-refractivity contribution >= 4 is 21.7 Å². The van der Waals surface area contributed by atoms with Crippen LogP contribution in [0, 0.1) is 23.1 Å². The summed E-state index contributed by atoms with van der Waals surface area (Å²) in [7, 11) is 1.68. The number of aromatic hydroxyl groups is 1. The van der Waals surface area contributed by atoms with Crippen LogP contribution in [0.4, 0.5) is 4.39 Å². The fourth-order valence-electron chi connectivity index (χ4n) is 5.64. The zero-order chi connectivity index (χ0) is 17.2. The molecule has 0 bridgehead atoms. The molecule has 0 amide bonds. The van der Waals surface area contributed by atoms with E-state index in [0.717, 1.165) is 18.4 Å². The van der Waals surface area contributed by atoms with Gasteiger partial charge in [0.2, 0.25) is 0 Å². The Morgan fingerprint density at radius 2 is 2.17 bits per heavy atom. The first-order valence-electron chi connectivity index (χ1n) is 8.60. The van der Waals surface area contributed by atoms with Gasteiger partial charge in [0.25, 0.3) is 0 Å². The van der Waals surface area contributed by atoms with Crippen LogP contribution in [0.1, 0.15) is 43.2 Å². The third kappa shape index (κ3) is 2.07. The Morgan fingerprint density at radius 3 is 2.88 bits per heavy atom. The van der Waals surface area contributed by atoms with Crippen LogP contribution in [-0.2, 0) is 16.0 Å². The average Bonchev–Trinajstić information content (AvgIpc) is 2.80. The van der Waals surface area contributed by atoms with Gasteiger partial charge in [-0.25, -0.2) is 4.39 Å². The van der Waals surface area contributed by atoms with E-state index >= 15 is 0 Å². The van der Waals surface area contributed by atoms with Crippen molar-refractivity contribution in [2.24, 2.45) is 17.3 Å². The zero-order valence-corrected chi connectivity index (χ0v) is 15.5. The van der Waals surface area contributed by atoms with Crippen LogP contribution < -0.4 is 0 Å². The second-order valence-electron chi connectivity index (χ2n) is 7.76. The van der Waals surface area contributed by atoms with E-state index in [9.17, 15) is 14.3 Å². The van der Waals surface area contributed by atoms with Gasteiger partial charge in [-0.15, -0.1) is 0 Å². The molecule has 5 heteroatoms. The molecule has 3 nitrogen and oxygen atoms in total. The Morgan fingerprint density at radius 1 is 1.42 bits per heavy atom. The molecule has 130 valence electrons. The molecule has 0 saturated heterocycles. The highest BCUT2D eigenvalue weighted by molar-refractivity contribution is 9.10. The number of benzene rings is 1. The minimum Gasteiger partial charge on any atom is -0.505 e. The minimum atomic E-state index is -0.491. The van der Waals surface area contributed by atoms with Crippen LogP contribution in [0.15, 0.2) is 12.1 Å². The van der Waals surface area contributed by atoms with E-state index in [4.69, 9.17) is 4.74 Å². The first-order chi connectivity index (χ1) is 11.4. The summed E-state index contributed by atoms with van der Waals surface area (Å²) in [5.74, 6) is 0.231. The van der Waals surface area contributed by atoms with Crippen molar-refractivity contribution in [2.45, 2.75) is 49.5 Å². The molecule has 3 aliphatic carbocycles. The number of ketones is 1. The van der Waals surface area contributed by atoms with Crippen molar-refractivity contribution in [3.63, 3.8) is 0 Å². The molecule has 0 radical (unpaired) electrons. The summed E-state index contributed by atoms with van der Waals surface area (Å²) in [6, 6.07) is 3.30. The molecular formula is C19H22BrFO3. The van der Waals surface area contributed by atoms with Crippen molar-refractivity contribution in [1.82, 2.24) is 0 Å². The second kappa shape index (κ2) is 5.53. The number of methoxy groups -OCH3 is 1. The van der Waals surface area contributed by atoms with E-state index < -0.39 is 5.82 Å². The first-order valence-corrected chi connectivity index (χ1v) is 9.51. The number of hydrogen-bond acceptors (Lipinski definition) is 3. The van der Waals surface area contributed by atoms with Gasteiger partial charge in [0.05, 0.1) is 10.9 Å². The van der Waals surface area contributed by atoms with Gasteiger partial charge in [0.1, 0.15) is 0 Å².